The zero-order valence-electron chi connectivity index (χ0n) is 6.92. The zero-order chi connectivity index (χ0) is 8.44. The molecule has 1 spiro atoms. The summed E-state index contributed by atoms with van der Waals surface area (Å²) in [6.07, 6.45) is 3.28. The third kappa shape index (κ3) is 1.66. The molecule has 2 unspecified atom stereocenters. The van der Waals surface area contributed by atoms with Gasteiger partial charge in [-0.05, 0) is 12.8 Å². The normalized spacial score (nSPS) is 42.2. The minimum Gasteiger partial charge on any atom is -0.327 e. The van der Waals surface area contributed by atoms with Gasteiger partial charge in [0, 0.05) is 11.8 Å². The summed E-state index contributed by atoms with van der Waals surface area (Å²) in [6.45, 7) is 1.40. The first-order valence-electron chi connectivity index (χ1n) is 4.36. The van der Waals surface area contributed by atoms with E-state index in [9.17, 15) is 0 Å². The molecule has 12 heavy (non-hydrogen) atoms. The Morgan fingerprint density at radius 3 is 2.83 bits per heavy atom. The Bertz CT molecular complexity index is 156. The van der Waals surface area contributed by atoms with Crippen LogP contribution in [0.15, 0.2) is 0 Å². The van der Waals surface area contributed by atoms with Crippen LogP contribution in [0.25, 0.3) is 0 Å². The van der Waals surface area contributed by atoms with Gasteiger partial charge in [-0.2, -0.15) is 0 Å². The van der Waals surface area contributed by atoms with Crippen LogP contribution in [0.4, 0.5) is 0 Å². The van der Waals surface area contributed by atoms with Crippen LogP contribution in [0.1, 0.15) is 19.3 Å². The van der Waals surface area contributed by atoms with Crippen molar-refractivity contribution in [3.05, 3.63) is 0 Å². The summed E-state index contributed by atoms with van der Waals surface area (Å²) in [4.78, 5) is 0. The van der Waals surface area contributed by atoms with Crippen molar-refractivity contribution >= 4 is 15.9 Å². The number of halogens is 1. The Morgan fingerprint density at radius 2 is 2.25 bits per heavy atom. The number of alkyl halides is 1. The average molecular weight is 237 g/mol. The minimum absolute atomic E-state index is 0.156. The summed E-state index contributed by atoms with van der Waals surface area (Å²) in [5.74, 6) is -0.684. The highest BCUT2D eigenvalue weighted by Gasteiger charge is 2.43. The smallest absolute Gasteiger partial charge is 0.283 e. The van der Waals surface area contributed by atoms with Crippen LogP contribution < -0.4 is 0 Å². The van der Waals surface area contributed by atoms with Crippen LogP contribution >= 0.6 is 15.9 Å². The fourth-order valence-electron chi connectivity index (χ4n) is 1.57. The molecule has 0 aromatic carbocycles. The highest BCUT2D eigenvalue weighted by Crippen LogP contribution is 2.33. The second-order valence-corrected chi connectivity index (χ2v) is 3.84. The van der Waals surface area contributed by atoms with E-state index in [1.807, 2.05) is 0 Å². The molecule has 70 valence electrons. The number of rotatable bonds is 1. The first-order chi connectivity index (χ1) is 5.85. The molecule has 0 saturated carbocycles. The maximum atomic E-state index is 5.65. The highest BCUT2D eigenvalue weighted by atomic mass is 79.9. The third-order valence-electron chi connectivity index (χ3n) is 2.21. The van der Waals surface area contributed by atoms with Gasteiger partial charge < -0.3 is 14.2 Å². The van der Waals surface area contributed by atoms with E-state index in [-0.39, 0.29) is 6.10 Å². The van der Waals surface area contributed by atoms with Gasteiger partial charge in [0.2, 0.25) is 0 Å². The Labute approximate surface area is 80.5 Å². The predicted octanol–water partition coefficient (Wildman–Crippen LogP) is 1.65. The van der Waals surface area contributed by atoms with Gasteiger partial charge in [-0.15, -0.1) is 0 Å². The van der Waals surface area contributed by atoms with E-state index in [4.69, 9.17) is 14.2 Å². The van der Waals surface area contributed by atoms with Gasteiger partial charge in [0.25, 0.3) is 5.97 Å². The van der Waals surface area contributed by atoms with Crippen molar-refractivity contribution in [2.45, 2.75) is 31.3 Å². The molecule has 2 heterocycles. The van der Waals surface area contributed by atoms with Crippen LogP contribution in [0.5, 0.6) is 0 Å². The van der Waals surface area contributed by atoms with E-state index >= 15 is 0 Å². The van der Waals surface area contributed by atoms with E-state index in [1.54, 1.807) is 0 Å². The Hall–Kier alpha value is 0.360. The molecular formula is C8H13BrO3. The molecule has 0 radical (unpaired) electrons. The van der Waals surface area contributed by atoms with Crippen LogP contribution in [0.2, 0.25) is 0 Å². The Morgan fingerprint density at radius 1 is 1.33 bits per heavy atom. The van der Waals surface area contributed by atoms with Crippen molar-refractivity contribution in [3.63, 3.8) is 0 Å². The Kier molecular flexibility index (Phi) is 2.69. The third-order valence-corrected chi connectivity index (χ3v) is 2.93. The number of ether oxygens (including phenoxy) is 3. The van der Waals surface area contributed by atoms with Gasteiger partial charge >= 0.3 is 0 Å². The molecular weight excluding hydrogens is 224 g/mol. The fourth-order valence-corrected chi connectivity index (χ4v) is 1.89. The van der Waals surface area contributed by atoms with E-state index in [2.05, 4.69) is 15.9 Å². The molecule has 0 aromatic heterocycles. The summed E-state index contributed by atoms with van der Waals surface area (Å²) in [7, 11) is 0. The molecule has 2 fully saturated rings. The first kappa shape index (κ1) is 8.94. The molecule has 0 aromatic rings. The van der Waals surface area contributed by atoms with Crippen molar-refractivity contribution < 1.29 is 14.2 Å². The summed E-state index contributed by atoms with van der Waals surface area (Å²) >= 11 is 3.37. The standard InChI is InChI=1S/C8H13BrO3/c9-5-7-6-11-8(12-7)3-1-2-4-10-8/h7H,1-6H2. The molecule has 2 atom stereocenters. The lowest BCUT2D eigenvalue weighted by Gasteiger charge is -2.31. The van der Waals surface area contributed by atoms with Crippen LogP contribution in [0.3, 0.4) is 0 Å². The molecule has 2 rings (SSSR count). The molecule has 2 aliphatic rings. The van der Waals surface area contributed by atoms with Gasteiger partial charge in [0.05, 0.1) is 19.3 Å². The fraction of sp³-hybridized carbons (Fsp3) is 1.00. The highest BCUT2D eigenvalue weighted by molar-refractivity contribution is 9.09. The second kappa shape index (κ2) is 3.62. The quantitative estimate of drug-likeness (QED) is 0.649. The van der Waals surface area contributed by atoms with Gasteiger partial charge in [-0.1, -0.05) is 15.9 Å². The molecule has 0 N–H and O–H groups in total. The Balaban J connectivity index is 1.94. The largest absolute Gasteiger partial charge is 0.327 e. The lowest BCUT2D eigenvalue weighted by Crippen LogP contribution is -2.37. The summed E-state index contributed by atoms with van der Waals surface area (Å²) in [6, 6.07) is 0. The average Bonchev–Trinajstić information content (AvgIpc) is 2.50. The van der Waals surface area contributed by atoms with Crippen molar-refractivity contribution in [2.75, 3.05) is 18.5 Å². The molecule has 3 nitrogen and oxygen atoms in total. The maximum absolute atomic E-state index is 5.65. The topological polar surface area (TPSA) is 27.7 Å². The molecule has 2 aliphatic heterocycles. The van der Waals surface area contributed by atoms with Crippen molar-refractivity contribution in [3.8, 4) is 0 Å². The van der Waals surface area contributed by atoms with Crippen molar-refractivity contribution in [1.82, 2.24) is 0 Å². The summed E-state index contributed by atoms with van der Waals surface area (Å²) in [5, 5.41) is 0.818. The van der Waals surface area contributed by atoms with Crippen LogP contribution in [-0.4, -0.2) is 30.6 Å². The number of hydrogen-bond donors (Lipinski definition) is 0. The maximum Gasteiger partial charge on any atom is 0.283 e. The summed E-state index contributed by atoms with van der Waals surface area (Å²) in [5.41, 5.74) is 0. The van der Waals surface area contributed by atoms with Gasteiger partial charge in [0.15, 0.2) is 0 Å². The van der Waals surface area contributed by atoms with Crippen molar-refractivity contribution in [2.24, 2.45) is 0 Å². The van der Waals surface area contributed by atoms with E-state index in [0.29, 0.717) is 6.61 Å². The van der Waals surface area contributed by atoms with Gasteiger partial charge in [0.1, 0.15) is 0 Å². The lowest BCUT2D eigenvalue weighted by atomic mass is 10.2. The minimum atomic E-state index is -0.684. The second-order valence-electron chi connectivity index (χ2n) is 3.19. The van der Waals surface area contributed by atoms with Gasteiger partial charge in [-0.3, -0.25) is 0 Å². The lowest BCUT2D eigenvalue weighted by molar-refractivity contribution is -0.350. The summed E-state index contributed by atoms with van der Waals surface area (Å²) < 4.78 is 16.7. The first-order valence-corrected chi connectivity index (χ1v) is 5.48. The molecule has 4 heteroatoms. The molecule has 0 bridgehead atoms. The van der Waals surface area contributed by atoms with Crippen LogP contribution in [0, 0.1) is 0 Å². The number of hydrogen-bond acceptors (Lipinski definition) is 3. The van der Waals surface area contributed by atoms with E-state index in [1.165, 1.54) is 0 Å². The van der Waals surface area contributed by atoms with Gasteiger partial charge in [-0.25, -0.2) is 0 Å². The monoisotopic (exact) mass is 236 g/mol. The van der Waals surface area contributed by atoms with Crippen molar-refractivity contribution in [1.29, 1.82) is 0 Å². The molecule has 0 amide bonds. The van der Waals surface area contributed by atoms with E-state index in [0.717, 1.165) is 31.2 Å². The SMILES string of the molecule is BrCC1COC2(CCCCO2)O1. The van der Waals surface area contributed by atoms with Crippen LogP contribution in [-0.2, 0) is 14.2 Å². The zero-order valence-corrected chi connectivity index (χ0v) is 8.51. The molecule has 2 saturated heterocycles. The molecule has 0 aliphatic carbocycles. The van der Waals surface area contributed by atoms with E-state index < -0.39 is 5.97 Å². The predicted molar refractivity (Wildman–Crippen MR) is 47.2 cm³/mol.